The predicted octanol–water partition coefficient (Wildman–Crippen LogP) is 4.22. The van der Waals surface area contributed by atoms with Gasteiger partial charge in [0.25, 0.3) is 5.91 Å². The summed E-state index contributed by atoms with van der Waals surface area (Å²) in [6.45, 7) is 5.23. The molecule has 2 aliphatic heterocycles. The molecular weight excluding hydrogens is 687 g/mol. The number of carbonyl (C=O) groups excluding carboxylic acids is 3. The van der Waals surface area contributed by atoms with Crippen LogP contribution >= 0.6 is 0 Å². The number of aryl methyl sites for hydroxylation is 1. The molecule has 5 atom stereocenters. The van der Waals surface area contributed by atoms with E-state index in [1.54, 1.807) is 20.8 Å². The molecule has 7 rings (SSSR count). The molecule has 2 aromatic rings. The van der Waals surface area contributed by atoms with Crippen LogP contribution in [-0.2, 0) is 37.2 Å². The second-order valence-electron chi connectivity index (χ2n) is 16.1. The van der Waals surface area contributed by atoms with Crippen LogP contribution in [0.15, 0.2) is 36.4 Å². The van der Waals surface area contributed by atoms with E-state index < -0.39 is 74.3 Å². The van der Waals surface area contributed by atoms with Crippen LogP contribution in [0.4, 0.5) is 4.79 Å². The first-order valence-electron chi connectivity index (χ1n) is 18.6. The van der Waals surface area contributed by atoms with E-state index in [9.17, 15) is 32.7 Å². The largest absolute Gasteiger partial charge is 0.472 e. The zero-order valence-corrected chi connectivity index (χ0v) is 30.9. The smallest absolute Gasteiger partial charge is 0.408 e. The number of nitrogens with zero attached hydrogens (tertiary/aromatic N) is 3. The quantitative estimate of drug-likeness (QED) is 0.367. The molecule has 0 radical (unpaired) electrons. The van der Waals surface area contributed by atoms with Gasteiger partial charge in [0.2, 0.25) is 27.7 Å². The minimum Gasteiger partial charge on any atom is -0.472 e. The number of pyridine rings is 1. The van der Waals surface area contributed by atoms with Crippen LogP contribution in [0.25, 0.3) is 10.9 Å². The van der Waals surface area contributed by atoms with Gasteiger partial charge in [-0.2, -0.15) is 0 Å². The maximum atomic E-state index is 14.7. The first kappa shape index (κ1) is 36.2. The Morgan fingerprint density at radius 2 is 1.81 bits per heavy atom. The van der Waals surface area contributed by atoms with Gasteiger partial charge in [-0.25, -0.2) is 18.2 Å². The predicted molar refractivity (Wildman–Crippen MR) is 193 cm³/mol. The average molecular weight is 736 g/mol. The lowest BCUT2D eigenvalue weighted by molar-refractivity contribution is -0.144. The fourth-order valence-corrected chi connectivity index (χ4v) is 9.72. The SMILES string of the molecule is CC(C)(C)N(C(=O)O)[C@H]1CCCCCC=C[C@@H]2C[C@@]2(C(=O)NS(=O)(=O)C2CC2)NC(=O)[C@@H]2C[C@@H](Oc3nc4ccccc4c4c3CCC4)CN2C1=O. The van der Waals surface area contributed by atoms with E-state index in [0.29, 0.717) is 31.6 Å². The molecule has 5 aliphatic rings. The van der Waals surface area contributed by atoms with Gasteiger partial charge in [0.15, 0.2) is 0 Å². The molecule has 0 spiro atoms. The van der Waals surface area contributed by atoms with Crippen molar-refractivity contribution in [2.45, 2.75) is 132 Å². The number of hydrogen-bond donors (Lipinski definition) is 3. The molecule has 0 bridgehead atoms. The molecule has 1 saturated heterocycles. The summed E-state index contributed by atoms with van der Waals surface area (Å²) in [4.78, 5) is 63.1. The van der Waals surface area contributed by atoms with Crippen LogP contribution in [-0.4, -0.2) is 93.2 Å². The fourth-order valence-electron chi connectivity index (χ4n) is 8.36. The molecule has 4 amide bonds. The number of aromatic nitrogens is 1. The van der Waals surface area contributed by atoms with Gasteiger partial charge in [-0.05, 0) is 90.2 Å². The molecule has 52 heavy (non-hydrogen) atoms. The maximum Gasteiger partial charge on any atom is 0.408 e. The molecule has 3 fully saturated rings. The summed E-state index contributed by atoms with van der Waals surface area (Å²) in [5.41, 5.74) is 0.580. The number of nitrogens with one attached hydrogen (secondary N) is 2. The first-order chi connectivity index (χ1) is 24.7. The summed E-state index contributed by atoms with van der Waals surface area (Å²) in [5, 5.41) is 13.8. The number of fused-ring (bicyclic) bond motifs is 5. The van der Waals surface area contributed by atoms with Gasteiger partial charge in [0.05, 0.1) is 17.3 Å². The number of sulfonamides is 1. The number of benzene rings is 1. The Labute approximate surface area is 304 Å². The van der Waals surface area contributed by atoms with Crippen molar-refractivity contribution in [1.29, 1.82) is 0 Å². The second-order valence-corrected chi connectivity index (χ2v) is 18.0. The number of para-hydroxylation sites is 1. The van der Waals surface area contributed by atoms with Gasteiger partial charge >= 0.3 is 6.09 Å². The van der Waals surface area contributed by atoms with Crippen molar-refractivity contribution in [3.63, 3.8) is 0 Å². The summed E-state index contributed by atoms with van der Waals surface area (Å²) >= 11 is 0. The third-order valence-corrected chi connectivity index (χ3v) is 13.1. The van der Waals surface area contributed by atoms with E-state index in [1.807, 2.05) is 30.4 Å². The van der Waals surface area contributed by atoms with E-state index in [1.165, 1.54) is 15.4 Å². The van der Waals surface area contributed by atoms with E-state index >= 15 is 0 Å². The van der Waals surface area contributed by atoms with Gasteiger partial charge < -0.3 is 20.1 Å². The summed E-state index contributed by atoms with van der Waals surface area (Å²) in [5.74, 6) is -1.85. The highest BCUT2D eigenvalue weighted by molar-refractivity contribution is 7.91. The Morgan fingerprint density at radius 1 is 1.06 bits per heavy atom. The Hall–Kier alpha value is -4.20. The summed E-state index contributed by atoms with van der Waals surface area (Å²) in [6.07, 6.45) is 8.89. The Kier molecular flexibility index (Phi) is 9.50. The maximum absolute atomic E-state index is 14.7. The highest BCUT2D eigenvalue weighted by Gasteiger charge is 2.62. The number of hydrogen-bond acceptors (Lipinski definition) is 8. The van der Waals surface area contributed by atoms with Gasteiger partial charge in [-0.15, -0.1) is 0 Å². The third-order valence-electron chi connectivity index (χ3n) is 11.3. The number of allylic oxidation sites excluding steroid dienone is 1. The Morgan fingerprint density at radius 3 is 2.54 bits per heavy atom. The van der Waals surface area contributed by atoms with Crippen LogP contribution < -0.4 is 14.8 Å². The van der Waals surface area contributed by atoms with E-state index in [2.05, 4.69) is 16.1 Å². The van der Waals surface area contributed by atoms with Gasteiger partial charge in [-0.3, -0.25) is 24.0 Å². The minimum atomic E-state index is -3.89. The molecule has 1 aromatic heterocycles. The highest BCUT2D eigenvalue weighted by atomic mass is 32.2. The highest BCUT2D eigenvalue weighted by Crippen LogP contribution is 2.46. The first-order valence-corrected chi connectivity index (χ1v) is 20.2. The Balaban J connectivity index is 1.24. The van der Waals surface area contributed by atoms with Gasteiger partial charge in [0, 0.05) is 28.8 Å². The number of carbonyl (C=O) groups is 4. The lowest BCUT2D eigenvalue weighted by atomic mass is 9.98. The van der Waals surface area contributed by atoms with Crippen molar-refractivity contribution in [3.05, 3.63) is 47.5 Å². The summed E-state index contributed by atoms with van der Waals surface area (Å²) in [7, 11) is -3.89. The van der Waals surface area contributed by atoms with Crippen LogP contribution in [0.5, 0.6) is 5.88 Å². The monoisotopic (exact) mass is 735 g/mol. The molecule has 3 aliphatic carbocycles. The molecule has 3 N–H and O–H groups in total. The average Bonchev–Trinajstić information content (AvgIpc) is 3.95. The number of ether oxygens (including phenoxy) is 1. The summed E-state index contributed by atoms with van der Waals surface area (Å²) < 4.78 is 34.5. The van der Waals surface area contributed by atoms with Crippen LogP contribution in [0.2, 0.25) is 0 Å². The van der Waals surface area contributed by atoms with Crippen molar-refractivity contribution >= 4 is 44.7 Å². The molecule has 14 heteroatoms. The van der Waals surface area contributed by atoms with Crippen molar-refractivity contribution in [2.24, 2.45) is 5.92 Å². The summed E-state index contributed by atoms with van der Waals surface area (Å²) in [6, 6.07) is 5.72. The van der Waals surface area contributed by atoms with Crippen molar-refractivity contribution in [1.82, 2.24) is 24.8 Å². The topological polar surface area (TPSA) is 175 Å². The van der Waals surface area contributed by atoms with E-state index in [-0.39, 0.29) is 25.8 Å². The molecular formula is C38H49N5O8S. The van der Waals surface area contributed by atoms with Crippen LogP contribution in [0.1, 0.15) is 96.1 Å². The van der Waals surface area contributed by atoms with Crippen LogP contribution in [0.3, 0.4) is 0 Å². The van der Waals surface area contributed by atoms with Crippen LogP contribution in [0, 0.1) is 5.92 Å². The molecule has 280 valence electrons. The van der Waals surface area contributed by atoms with Crippen molar-refractivity contribution in [2.75, 3.05) is 6.54 Å². The van der Waals surface area contributed by atoms with Crippen molar-refractivity contribution in [3.8, 4) is 5.88 Å². The fraction of sp³-hybridized carbons (Fsp3) is 0.605. The lowest BCUT2D eigenvalue weighted by Gasteiger charge is -2.41. The standard InChI is InChI=1S/C38H49N5O8S/c1-37(2,3)43(36(47)48)30-17-8-6-4-5-7-12-23-21-38(23,35(46)41-52(49,50)25-18-19-25)40-32(44)31-20-24(22-42(31)34(30)45)51-33-28-15-11-14-26(28)27-13-9-10-16-29(27)39-33/h7,9-10,12-13,16,23-25,30-31H,4-6,8,11,14-15,17-22H2,1-3H3,(H,40,44)(H,41,46)(H,47,48)/t23-,24-,30+,31+,38-/m1/s1. The zero-order valence-electron chi connectivity index (χ0n) is 30.1. The van der Waals surface area contributed by atoms with Gasteiger partial charge in [0.1, 0.15) is 23.7 Å². The zero-order chi connectivity index (χ0) is 37.0. The normalized spacial score (nSPS) is 28.2. The Bertz CT molecular complexity index is 1920. The van der Waals surface area contributed by atoms with E-state index in [4.69, 9.17) is 9.72 Å². The minimum absolute atomic E-state index is 0.00683. The number of carboxylic acid groups (broad SMARTS) is 1. The molecule has 3 heterocycles. The lowest BCUT2D eigenvalue weighted by Crippen LogP contribution is -2.60. The molecule has 2 saturated carbocycles. The van der Waals surface area contributed by atoms with Gasteiger partial charge in [-0.1, -0.05) is 43.2 Å². The van der Waals surface area contributed by atoms with Crippen molar-refractivity contribution < 1.29 is 37.4 Å². The molecule has 0 unspecified atom stereocenters. The number of amides is 4. The molecule has 13 nitrogen and oxygen atoms in total. The number of rotatable bonds is 6. The second kappa shape index (κ2) is 13.7. The van der Waals surface area contributed by atoms with E-state index in [0.717, 1.165) is 48.6 Å². The third kappa shape index (κ3) is 6.97. The molecule has 1 aromatic carbocycles.